The molecule has 3 fully saturated rings. The summed E-state index contributed by atoms with van der Waals surface area (Å²) in [5.41, 5.74) is 3.53. The second-order valence-electron chi connectivity index (χ2n) is 10.6. The molecule has 1 N–H and O–H groups in total. The molecular weight excluding hydrogens is 477 g/mol. The minimum absolute atomic E-state index is 0.0686. The third kappa shape index (κ3) is 3.31. The van der Waals surface area contributed by atoms with Crippen molar-refractivity contribution in [3.8, 4) is 0 Å². The van der Waals surface area contributed by atoms with E-state index in [1.807, 2.05) is 19.9 Å². The van der Waals surface area contributed by atoms with Crippen LogP contribution in [0.5, 0.6) is 0 Å². The van der Waals surface area contributed by atoms with Crippen molar-refractivity contribution in [2.45, 2.75) is 57.0 Å². The van der Waals surface area contributed by atoms with Crippen LogP contribution in [0, 0.1) is 11.2 Å². The van der Waals surface area contributed by atoms with E-state index in [4.69, 9.17) is 25.8 Å². The van der Waals surface area contributed by atoms with Gasteiger partial charge < -0.3 is 24.2 Å². The summed E-state index contributed by atoms with van der Waals surface area (Å²) in [6.07, 6.45) is 1.49. The first-order chi connectivity index (χ1) is 16.7. The average molecular weight is 502 g/mol. The number of aliphatic hydroxyl groups excluding tert-OH is 1. The van der Waals surface area contributed by atoms with Gasteiger partial charge in [-0.15, -0.1) is 0 Å². The Bertz CT molecular complexity index is 1340. The summed E-state index contributed by atoms with van der Waals surface area (Å²) in [6.45, 7) is 5.06. The van der Waals surface area contributed by atoms with Crippen LogP contribution < -0.4 is 4.90 Å². The molecule has 1 spiro atoms. The van der Waals surface area contributed by atoms with E-state index in [1.165, 1.54) is 11.6 Å². The molecule has 1 aliphatic carbocycles. The van der Waals surface area contributed by atoms with Crippen LogP contribution in [0.25, 0.3) is 11.2 Å². The van der Waals surface area contributed by atoms with Crippen molar-refractivity contribution >= 4 is 28.6 Å². The largest absolute Gasteiger partial charge is 0.394 e. The first kappa shape index (κ1) is 21.9. The lowest BCUT2D eigenvalue weighted by Crippen LogP contribution is -2.57. The van der Waals surface area contributed by atoms with Gasteiger partial charge >= 0.3 is 0 Å². The predicted octanol–water partition coefficient (Wildman–Crippen LogP) is 2.63. The first-order valence-electron chi connectivity index (χ1n) is 11.8. The number of ether oxygens (including phenoxy) is 3. The molecule has 5 heterocycles. The standard InChI is InChI=1S/C24H25ClFN5O4/c1-23(2)34-17-15(8-32)33-21(18(17)35-23)31-11-27-16-19(28-22(25)29-20(16)31)30-9-24(10-30)6-12-3-4-14(26)5-13(12)7-24/h3-5,11,15,17-18,21,32H,6-10H2,1-2H3/t15-,17?,18+,21-/m1/s1. The smallest absolute Gasteiger partial charge is 0.226 e. The lowest BCUT2D eigenvalue weighted by molar-refractivity contribution is -0.199. The van der Waals surface area contributed by atoms with Crippen molar-refractivity contribution in [3.05, 3.63) is 46.8 Å². The van der Waals surface area contributed by atoms with E-state index in [0.717, 1.165) is 31.5 Å². The fourth-order valence-corrected chi connectivity index (χ4v) is 6.41. The van der Waals surface area contributed by atoms with Gasteiger partial charge in [0.05, 0.1) is 12.9 Å². The van der Waals surface area contributed by atoms with Crippen molar-refractivity contribution in [3.63, 3.8) is 0 Å². The van der Waals surface area contributed by atoms with Crippen LogP contribution in [0.4, 0.5) is 10.2 Å². The molecule has 0 bridgehead atoms. The van der Waals surface area contributed by atoms with Gasteiger partial charge in [-0.3, -0.25) is 4.57 Å². The van der Waals surface area contributed by atoms with Crippen molar-refractivity contribution in [2.75, 3.05) is 24.6 Å². The Kier molecular flexibility index (Phi) is 4.58. The third-order valence-electron chi connectivity index (χ3n) is 7.61. The predicted molar refractivity (Wildman–Crippen MR) is 124 cm³/mol. The molecule has 1 aromatic carbocycles. The minimum atomic E-state index is -0.785. The van der Waals surface area contributed by atoms with Gasteiger partial charge in [-0.1, -0.05) is 6.07 Å². The number of halogens is 2. The topological polar surface area (TPSA) is 94.8 Å². The van der Waals surface area contributed by atoms with E-state index in [1.54, 1.807) is 17.0 Å². The summed E-state index contributed by atoms with van der Waals surface area (Å²) in [4.78, 5) is 15.8. The van der Waals surface area contributed by atoms with Gasteiger partial charge in [0.2, 0.25) is 5.28 Å². The number of aromatic nitrogens is 4. The van der Waals surface area contributed by atoms with Crippen LogP contribution in [0.3, 0.4) is 0 Å². The highest BCUT2D eigenvalue weighted by Gasteiger charge is 2.56. The molecule has 0 amide bonds. The van der Waals surface area contributed by atoms with Gasteiger partial charge in [0, 0.05) is 18.5 Å². The van der Waals surface area contributed by atoms with Crippen LogP contribution in [0.1, 0.15) is 31.2 Å². The van der Waals surface area contributed by atoms with Crippen molar-refractivity contribution in [1.29, 1.82) is 0 Å². The van der Waals surface area contributed by atoms with Gasteiger partial charge in [-0.05, 0) is 61.5 Å². The summed E-state index contributed by atoms with van der Waals surface area (Å²) >= 11 is 6.37. The van der Waals surface area contributed by atoms with Gasteiger partial charge in [-0.25, -0.2) is 9.37 Å². The third-order valence-corrected chi connectivity index (χ3v) is 7.78. The summed E-state index contributed by atoms with van der Waals surface area (Å²) in [5.74, 6) is -0.303. The Morgan fingerprint density at radius 3 is 2.71 bits per heavy atom. The number of rotatable bonds is 3. The molecule has 0 saturated carbocycles. The molecule has 2 aromatic heterocycles. The highest BCUT2D eigenvalue weighted by atomic mass is 35.5. The number of benzene rings is 1. The average Bonchev–Trinajstić information content (AvgIpc) is 3.51. The van der Waals surface area contributed by atoms with Crippen LogP contribution in [-0.2, 0) is 27.1 Å². The van der Waals surface area contributed by atoms with E-state index in [2.05, 4.69) is 19.9 Å². The fourth-order valence-electron chi connectivity index (χ4n) is 6.25. The number of anilines is 1. The van der Waals surface area contributed by atoms with E-state index >= 15 is 0 Å². The zero-order valence-electron chi connectivity index (χ0n) is 19.3. The lowest BCUT2D eigenvalue weighted by Gasteiger charge is -2.49. The van der Waals surface area contributed by atoms with E-state index in [-0.39, 0.29) is 23.1 Å². The number of hydrogen-bond donors (Lipinski definition) is 1. The van der Waals surface area contributed by atoms with Crippen molar-refractivity contribution in [2.24, 2.45) is 5.41 Å². The number of fused-ring (bicyclic) bond motifs is 3. The Balaban J connectivity index is 1.19. The summed E-state index contributed by atoms with van der Waals surface area (Å²) in [7, 11) is 0. The van der Waals surface area contributed by atoms with Gasteiger partial charge in [-0.2, -0.15) is 9.97 Å². The molecule has 11 heteroatoms. The summed E-state index contributed by atoms with van der Waals surface area (Å²) in [6, 6.07) is 5.08. The maximum absolute atomic E-state index is 13.7. The molecule has 4 aliphatic rings. The van der Waals surface area contributed by atoms with E-state index in [9.17, 15) is 9.50 Å². The Hall–Kier alpha value is -2.37. The monoisotopic (exact) mass is 501 g/mol. The molecule has 0 radical (unpaired) electrons. The summed E-state index contributed by atoms with van der Waals surface area (Å²) < 4.78 is 33.7. The molecule has 3 saturated heterocycles. The fraction of sp³-hybridized carbons (Fsp3) is 0.542. The molecule has 3 aromatic rings. The highest BCUT2D eigenvalue weighted by molar-refractivity contribution is 6.28. The molecular formula is C24H25ClFN5O4. The van der Waals surface area contributed by atoms with E-state index in [0.29, 0.717) is 17.0 Å². The zero-order chi connectivity index (χ0) is 24.1. The molecule has 4 atom stereocenters. The van der Waals surface area contributed by atoms with Gasteiger partial charge in [0.15, 0.2) is 29.0 Å². The molecule has 9 nitrogen and oxygen atoms in total. The first-order valence-corrected chi connectivity index (χ1v) is 12.2. The SMILES string of the molecule is CC1(C)OC2[C@@H](CO)O[C@@H](n3cnc4c(N5CC6(Cc7ccc(F)cc7C6)C5)nc(Cl)nc43)[C@H]2O1. The van der Waals surface area contributed by atoms with Crippen LogP contribution in [0.2, 0.25) is 5.28 Å². The van der Waals surface area contributed by atoms with Crippen molar-refractivity contribution in [1.82, 2.24) is 19.5 Å². The van der Waals surface area contributed by atoms with Crippen LogP contribution in [0.15, 0.2) is 24.5 Å². The van der Waals surface area contributed by atoms with Crippen LogP contribution >= 0.6 is 11.6 Å². The summed E-state index contributed by atoms with van der Waals surface area (Å²) in [5, 5.41) is 9.95. The quantitative estimate of drug-likeness (QED) is 0.547. The Labute approximate surface area is 205 Å². The Morgan fingerprint density at radius 2 is 1.91 bits per heavy atom. The van der Waals surface area contributed by atoms with Gasteiger partial charge in [0.1, 0.15) is 24.1 Å². The maximum atomic E-state index is 13.7. The van der Waals surface area contributed by atoms with E-state index < -0.39 is 30.3 Å². The van der Waals surface area contributed by atoms with Gasteiger partial charge in [0.25, 0.3) is 0 Å². The second-order valence-corrected chi connectivity index (χ2v) is 10.9. The number of hydrogen-bond acceptors (Lipinski definition) is 8. The normalized spacial score (nSPS) is 30.1. The molecule has 1 unspecified atom stereocenters. The highest BCUT2D eigenvalue weighted by Crippen LogP contribution is 2.47. The molecule has 3 aliphatic heterocycles. The van der Waals surface area contributed by atoms with Crippen LogP contribution in [-0.4, -0.2) is 68.4 Å². The molecule has 184 valence electrons. The minimum Gasteiger partial charge on any atom is -0.394 e. The zero-order valence-corrected chi connectivity index (χ0v) is 20.1. The number of aliphatic hydroxyl groups is 1. The number of nitrogens with zero attached hydrogens (tertiary/aromatic N) is 5. The molecule has 35 heavy (non-hydrogen) atoms. The maximum Gasteiger partial charge on any atom is 0.226 e. The van der Waals surface area contributed by atoms with Crippen molar-refractivity contribution < 1.29 is 23.7 Å². The second kappa shape index (κ2) is 7.33. The Morgan fingerprint density at radius 1 is 1.14 bits per heavy atom. The molecule has 7 rings (SSSR count). The number of imidazole rings is 1. The lowest BCUT2D eigenvalue weighted by atomic mass is 9.77.